The van der Waals surface area contributed by atoms with E-state index in [0.717, 1.165) is 6.92 Å². The predicted octanol–water partition coefficient (Wildman–Crippen LogP) is -11.7. The first-order chi connectivity index (χ1) is 32.6. The largest absolute Gasteiger partial charge is 0.394 e. The molecule has 6 rings (SSSR count). The van der Waals surface area contributed by atoms with Gasteiger partial charge in [-0.1, -0.05) is 6.92 Å². The quantitative estimate of drug-likeness (QED) is 0.0682. The van der Waals surface area contributed by atoms with Gasteiger partial charge in [-0.05, 0) is 6.92 Å². The average Bonchev–Trinajstić information content (AvgIpc) is 3.32. The molecule has 0 radical (unpaired) electrons. The van der Waals surface area contributed by atoms with E-state index < -0.39 is 223 Å². The lowest BCUT2D eigenvalue weighted by Crippen LogP contribution is -2.71. The molecule has 0 spiro atoms. The number of hydrogen-bond acceptors (Lipinski definition) is 29. The summed E-state index contributed by atoms with van der Waals surface area (Å²) in [6, 6.07) is -1.81. The lowest BCUT2D eigenvalue weighted by atomic mass is 9.91. The van der Waals surface area contributed by atoms with Crippen LogP contribution in [0.4, 0.5) is 0 Å². The molecule has 13 unspecified atom stereocenters. The lowest BCUT2D eigenvalue weighted by Gasteiger charge is -2.52. The third-order valence-electron chi connectivity index (χ3n) is 13.1. The van der Waals surface area contributed by atoms with Gasteiger partial charge in [0.2, 0.25) is 5.91 Å². The zero-order valence-corrected chi connectivity index (χ0v) is 37.4. The van der Waals surface area contributed by atoms with E-state index >= 15 is 0 Å². The van der Waals surface area contributed by atoms with Crippen LogP contribution in [0.1, 0.15) is 20.8 Å². The third kappa shape index (κ3) is 11.8. The zero-order chi connectivity index (χ0) is 50.9. The van der Waals surface area contributed by atoms with Crippen LogP contribution in [-0.4, -0.2) is 304 Å². The minimum atomic E-state index is -2.16. The zero-order valence-electron chi connectivity index (χ0n) is 37.4. The monoisotopic (exact) mass is 1010 g/mol. The number of ether oxygens (including phenoxy) is 11. The van der Waals surface area contributed by atoms with Crippen molar-refractivity contribution in [2.75, 3.05) is 33.0 Å². The Bertz CT molecular complexity index is 1610. The van der Waals surface area contributed by atoms with Crippen molar-refractivity contribution in [2.45, 2.75) is 199 Å². The molecule has 6 heterocycles. The first-order valence-corrected chi connectivity index (χ1v) is 22.3. The van der Waals surface area contributed by atoms with E-state index in [0.29, 0.717) is 0 Å². The molecular formula is C39H67NO29. The number of rotatable bonds is 16. The van der Waals surface area contributed by atoms with Gasteiger partial charge in [0.25, 0.3) is 0 Å². The number of aliphatic hydroxyl groups excluding tert-OH is 17. The van der Waals surface area contributed by atoms with E-state index in [1.54, 1.807) is 0 Å². The smallest absolute Gasteiger partial charge is 0.217 e. The normalized spacial score (nSPS) is 52.1. The van der Waals surface area contributed by atoms with Crippen LogP contribution in [0.25, 0.3) is 0 Å². The van der Waals surface area contributed by atoms with Crippen molar-refractivity contribution >= 4 is 5.91 Å². The number of amides is 1. The molecular weight excluding hydrogens is 946 g/mol. The van der Waals surface area contributed by atoms with Crippen molar-refractivity contribution in [3.8, 4) is 0 Å². The summed E-state index contributed by atoms with van der Waals surface area (Å²) in [5, 5.41) is 184. The summed E-state index contributed by atoms with van der Waals surface area (Å²) in [6.45, 7) is -1.01. The maximum atomic E-state index is 12.9. The number of carbonyl (C=O) groups excluding carboxylic acids is 1. The highest BCUT2D eigenvalue weighted by Gasteiger charge is 2.58. The van der Waals surface area contributed by atoms with Gasteiger partial charge in [0.15, 0.2) is 37.7 Å². The Hall–Kier alpha value is -1.65. The highest BCUT2D eigenvalue weighted by atomic mass is 16.8. The fraction of sp³-hybridized carbons (Fsp3) is 0.974. The Morgan fingerprint density at radius 2 is 0.841 bits per heavy atom. The van der Waals surface area contributed by atoms with E-state index in [1.807, 2.05) is 0 Å². The number of hydrogen-bond donors (Lipinski definition) is 18. The summed E-state index contributed by atoms with van der Waals surface area (Å²) in [4.78, 5) is 12.9. The molecule has 30 nitrogen and oxygen atoms in total. The van der Waals surface area contributed by atoms with E-state index in [2.05, 4.69) is 5.32 Å². The molecule has 0 bridgehead atoms. The fourth-order valence-corrected chi connectivity index (χ4v) is 9.02. The second-order valence-corrected chi connectivity index (χ2v) is 17.8. The summed E-state index contributed by atoms with van der Waals surface area (Å²) < 4.78 is 64.1. The van der Waals surface area contributed by atoms with Crippen LogP contribution in [0.3, 0.4) is 0 Å². The molecule has 402 valence electrons. The fourth-order valence-electron chi connectivity index (χ4n) is 9.02. The molecule has 18 N–H and O–H groups in total. The van der Waals surface area contributed by atoms with Crippen molar-refractivity contribution in [2.24, 2.45) is 5.92 Å². The van der Waals surface area contributed by atoms with Crippen LogP contribution in [0, 0.1) is 5.92 Å². The molecule has 6 aliphatic rings. The number of nitrogens with one attached hydrogen (secondary N) is 1. The molecule has 6 aliphatic heterocycles. The molecule has 6 fully saturated rings. The summed E-state index contributed by atoms with van der Waals surface area (Å²) >= 11 is 0. The van der Waals surface area contributed by atoms with Crippen LogP contribution in [0.2, 0.25) is 0 Å². The van der Waals surface area contributed by atoms with Gasteiger partial charge in [-0.2, -0.15) is 0 Å². The van der Waals surface area contributed by atoms with Crippen LogP contribution < -0.4 is 5.32 Å². The van der Waals surface area contributed by atoms with Crippen molar-refractivity contribution in [3.05, 3.63) is 0 Å². The first-order valence-electron chi connectivity index (χ1n) is 22.3. The van der Waals surface area contributed by atoms with Gasteiger partial charge in [0.1, 0.15) is 128 Å². The third-order valence-corrected chi connectivity index (χ3v) is 13.1. The molecule has 0 aliphatic carbocycles. The van der Waals surface area contributed by atoms with Gasteiger partial charge in [-0.25, -0.2) is 0 Å². The summed E-state index contributed by atoms with van der Waals surface area (Å²) in [5.41, 5.74) is 0. The van der Waals surface area contributed by atoms with Crippen LogP contribution in [0.15, 0.2) is 0 Å². The van der Waals surface area contributed by atoms with Crippen LogP contribution >= 0.6 is 0 Å². The van der Waals surface area contributed by atoms with E-state index in [1.165, 1.54) is 13.8 Å². The molecule has 0 aromatic carbocycles. The molecule has 30 atom stereocenters. The predicted molar refractivity (Wildman–Crippen MR) is 212 cm³/mol. The molecule has 0 aromatic heterocycles. The van der Waals surface area contributed by atoms with Crippen molar-refractivity contribution in [1.29, 1.82) is 0 Å². The molecule has 69 heavy (non-hydrogen) atoms. The van der Waals surface area contributed by atoms with Crippen LogP contribution in [0.5, 0.6) is 0 Å². The van der Waals surface area contributed by atoms with Gasteiger partial charge in [-0.15, -0.1) is 0 Å². The highest BCUT2D eigenvalue weighted by Crippen LogP contribution is 2.38. The second kappa shape index (κ2) is 24.1. The minimum absolute atomic E-state index is 0.818. The summed E-state index contributed by atoms with van der Waals surface area (Å²) in [7, 11) is 0. The van der Waals surface area contributed by atoms with Gasteiger partial charge < -0.3 is 144 Å². The Kier molecular flexibility index (Phi) is 19.8. The Balaban J connectivity index is 1.35. The van der Waals surface area contributed by atoms with Crippen molar-refractivity contribution < 1.29 is 144 Å². The summed E-state index contributed by atoms with van der Waals surface area (Å²) in [5.74, 6) is -1.98. The van der Waals surface area contributed by atoms with E-state index in [-0.39, 0.29) is 0 Å². The second-order valence-electron chi connectivity index (χ2n) is 17.8. The first kappa shape index (κ1) is 56.6. The van der Waals surface area contributed by atoms with Gasteiger partial charge in [0, 0.05) is 12.8 Å². The summed E-state index contributed by atoms with van der Waals surface area (Å²) in [6.07, 6.45) is -51.1. The SMILES string of the molecule is CC(=O)N[C@@H]1C(O[C@@H]2[C@H](O)C(O[C@H]3C(O)C(O)C(O)O[C@H]3CO)OC(CO)[C@@H]2O)OC(CO)[C@@H](O)[C@@H]1OC1OC(CO)[C@H](O)[C@H](OC2OC(CO)[C@H](O)[C@H](O)[C@@H]2C)[C@@H]1OC1OC(C)[C@@H](O)[C@H](O)[C@H]1O. The molecule has 0 saturated carbocycles. The lowest BCUT2D eigenvalue weighted by molar-refractivity contribution is -0.402. The molecule has 30 heteroatoms. The van der Waals surface area contributed by atoms with E-state index in [4.69, 9.17) is 52.1 Å². The molecule has 0 aromatic rings. The maximum absolute atomic E-state index is 12.9. The molecule has 1 amide bonds. The number of carbonyl (C=O) groups is 1. The maximum Gasteiger partial charge on any atom is 0.217 e. The van der Waals surface area contributed by atoms with Crippen LogP contribution in [-0.2, 0) is 56.9 Å². The van der Waals surface area contributed by atoms with Crippen molar-refractivity contribution in [3.63, 3.8) is 0 Å². The van der Waals surface area contributed by atoms with Gasteiger partial charge in [0.05, 0.1) is 45.2 Å². The Morgan fingerprint density at radius 1 is 0.391 bits per heavy atom. The number of aliphatic hydroxyl groups is 17. The van der Waals surface area contributed by atoms with Crippen molar-refractivity contribution in [1.82, 2.24) is 5.32 Å². The highest BCUT2D eigenvalue weighted by molar-refractivity contribution is 5.73. The standard InChI is InChI=1S/C39H67NO29/c1-9-18(47)20(49)12(4-41)61-35(9)68-32-23(52)15(7-44)64-39(33(32)69-37-27(56)24(53)19(48)10(2)59-37)66-30-17(40-11(3)46)36(62-13(5-42)21(30)50)67-31-22(51)14(6-43)63-38(28(31)57)65-29-16(8-45)60-34(58)26(55)25(29)54/h9-10,12-39,41-45,47-58H,4-8H2,1-3H3,(H,40,46)/t9-,10?,12?,13?,14?,15?,16-,17-,18+,19+,20-,21+,22-,23-,24-,25?,26?,27+,28-,29+,30+,31-,32-,33-,34?,35?,36?,37?,38?,39?/m0/s1. The Morgan fingerprint density at radius 3 is 1.42 bits per heavy atom. The minimum Gasteiger partial charge on any atom is -0.394 e. The molecule has 6 saturated heterocycles. The van der Waals surface area contributed by atoms with Gasteiger partial charge in [-0.3, -0.25) is 4.79 Å². The Labute approximate surface area is 392 Å². The van der Waals surface area contributed by atoms with Gasteiger partial charge >= 0.3 is 0 Å². The topological polar surface area (TPSA) is 475 Å². The van der Waals surface area contributed by atoms with E-state index in [9.17, 15) is 91.6 Å². The average molecular weight is 1010 g/mol.